The normalized spacial score (nSPS) is 14.6. The molecule has 0 atom stereocenters. The fourth-order valence-electron chi connectivity index (χ4n) is 2.69. The summed E-state index contributed by atoms with van der Waals surface area (Å²) in [4.78, 5) is 22.8. The smallest absolute Gasteiger partial charge is 0.381 e. The van der Waals surface area contributed by atoms with Crippen molar-refractivity contribution in [2.75, 3.05) is 6.61 Å². The SMILES string of the molecule is C[Si](C)(C)O[Si](C)(C)CCC/C(=C\C(=O)O)C(=O)OCC(F)(F)C(F)(F)C(F)(F)C(F)F. The van der Waals surface area contributed by atoms with Gasteiger partial charge in [0.05, 0.1) is 0 Å². The van der Waals surface area contributed by atoms with Crippen LogP contribution in [0.4, 0.5) is 35.1 Å². The van der Waals surface area contributed by atoms with Gasteiger partial charge in [-0.15, -0.1) is 0 Å². The summed E-state index contributed by atoms with van der Waals surface area (Å²) < 4.78 is 113. The molecule has 0 amide bonds. The van der Waals surface area contributed by atoms with Crippen LogP contribution in [0.5, 0.6) is 0 Å². The Labute approximate surface area is 182 Å². The molecule has 0 aromatic rings. The van der Waals surface area contributed by atoms with E-state index in [0.29, 0.717) is 12.1 Å². The molecule has 0 aliphatic heterocycles. The summed E-state index contributed by atoms with van der Waals surface area (Å²) >= 11 is 0. The van der Waals surface area contributed by atoms with Gasteiger partial charge in [-0.2, -0.15) is 26.3 Å². The molecule has 0 heterocycles. The van der Waals surface area contributed by atoms with E-state index in [-0.39, 0.29) is 12.8 Å². The Morgan fingerprint density at radius 2 is 1.50 bits per heavy atom. The van der Waals surface area contributed by atoms with Crippen LogP contribution < -0.4 is 0 Å². The Morgan fingerprint density at radius 1 is 1.00 bits per heavy atom. The zero-order chi connectivity index (χ0) is 25.8. The van der Waals surface area contributed by atoms with Gasteiger partial charge in [0.15, 0.2) is 23.2 Å². The average Bonchev–Trinajstić information content (AvgIpc) is 2.55. The highest BCUT2D eigenvalue weighted by atomic mass is 28.4. The van der Waals surface area contributed by atoms with E-state index >= 15 is 0 Å². The van der Waals surface area contributed by atoms with Crippen molar-refractivity contribution in [3.63, 3.8) is 0 Å². The molecule has 0 bridgehead atoms. The van der Waals surface area contributed by atoms with Crippen molar-refractivity contribution in [1.29, 1.82) is 0 Å². The number of rotatable bonds is 13. The van der Waals surface area contributed by atoms with Crippen LogP contribution >= 0.6 is 0 Å². The summed E-state index contributed by atoms with van der Waals surface area (Å²) in [5.41, 5.74) is -0.685. The Bertz CT molecular complexity index is 706. The minimum atomic E-state index is -6.53. The van der Waals surface area contributed by atoms with Gasteiger partial charge in [-0.05, 0) is 51.6 Å². The number of esters is 1. The number of halogens is 8. The third-order valence-corrected chi connectivity index (χ3v) is 10.1. The first-order chi connectivity index (χ1) is 14.1. The summed E-state index contributed by atoms with van der Waals surface area (Å²) in [6.07, 6.45) is -4.95. The van der Waals surface area contributed by atoms with Gasteiger partial charge >= 0.3 is 36.1 Å². The monoisotopic (exact) mass is 518 g/mol. The number of ether oxygens (including phenoxy) is 1. The number of carbonyl (C=O) groups excluding carboxylic acids is 1. The van der Waals surface area contributed by atoms with E-state index in [9.17, 15) is 44.7 Å². The van der Waals surface area contributed by atoms with Gasteiger partial charge in [0.25, 0.3) is 0 Å². The molecule has 0 aromatic heterocycles. The highest BCUT2D eigenvalue weighted by Crippen LogP contribution is 2.48. The molecule has 0 radical (unpaired) electrons. The minimum absolute atomic E-state index is 0.161. The van der Waals surface area contributed by atoms with Gasteiger partial charge in [0.2, 0.25) is 0 Å². The lowest BCUT2D eigenvalue weighted by molar-refractivity contribution is -0.344. The predicted molar refractivity (Wildman–Crippen MR) is 103 cm³/mol. The number of hydrogen-bond acceptors (Lipinski definition) is 4. The lowest BCUT2D eigenvalue weighted by Crippen LogP contribution is -2.59. The average molecular weight is 519 g/mol. The molecular weight excluding hydrogens is 492 g/mol. The van der Waals surface area contributed by atoms with E-state index in [1.807, 2.05) is 32.7 Å². The summed E-state index contributed by atoms with van der Waals surface area (Å²) in [5.74, 6) is -22.2. The van der Waals surface area contributed by atoms with Crippen molar-refractivity contribution in [3.05, 3.63) is 11.6 Å². The van der Waals surface area contributed by atoms with E-state index in [4.69, 9.17) is 9.22 Å². The number of carboxylic acids is 1. The van der Waals surface area contributed by atoms with Gasteiger partial charge in [0, 0.05) is 11.6 Å². The molecule has 0 aromatic carbocycles. The summed E-state index contributed by atoms with van der Waals surface area (Å²) in [5, 5.41) is 8.82. The molecule has 5 nitrogen and oxygen atoms in total. The first-order valence-corrected chi connectivity index (χ1v) is 15.8. The van der Waals surface area contributed by atoms with Crippen LogP contribution in [-0.2, 0) is 18.4 Å². The number of carboxylic acid groups (broad SMARTS) is 1. The molecular formula is C17H26F8O5Si2. The molecule has 0 saturated carbocycles. The first kappa shape index (κ1) is 30.5. The Hall–Kier alpha value is -1.49. The molecule has 188 valence electrons. The van der Waals surface area contributed by atoms with Gasteiger partial charge in [-0.1, -0.05) is 0 Å². The maximum atomic E-state index is 13.5. The highest BCUT2D eigenvalue weighted by molar-refractivity contribution is 6.84. The Balaban J connectivity index is 5.29. The molecule has 0 aliphatic carbocycles. The van der Waals surface area contributed by atoms with Gasteiger partial charge in [0.1, 0.15) is 0 Å². The summed E-state index contributed by atoms with van der Waals surface area (Å²) in [6.45, 7) is 6.93. The van der Waals surface area contributed by atoms with Crippen molar-refractivity contribution in [3.8, 4) is 0 Å². The van der Waals surface area contributed by atoms with Crippen molar-refractivity contribution >= 4 is 28.6 Å². The standard InChI is InChI=1S/C17H26F8O5Si2/c1-31(2,3)30-32(4,5)8-6-7-11(9-12(26)27)13(28)29-10-15(20,21)17(24,25)16(22,23)14(18)19/h9,14H,6-8,10H2,1-5H3,(H,26,27)/b11-9+. The van der Waals surface area contributed by atoms with Crippen LogP contribution in [0.15, 0.2) is 11.6 Å². The maximum absolute atomic E-state index is 13.5. The van der Waals surface area contributed by atoms with E-state index < -0.39 is 64.9 Å². The van der Waals surface area contributed by atoms with Crippen LogP contribution in [0.1, 0.15) is 12.8 Å². The van der Waals surface area contributed by atoms with Gasteiger partial charge < -0.3 is 14.0 Å². The van der Waals surface area contributed by atoms with E-state index in [2.05, 4.69) is 4.74 Å². The van der Waals surface area contributed by atoms with Crippen LogP contribution in [0.2, 0.25) is 38.8 Å². The highest BCUT2D eigenvalue weighted by Gasteiger charge is 2.75. The van der Waals surface area contributed by atoms with Crippen molar-refractivity contribution in [2.45, 2.75) is 75.8 Å². The third kappa shape index (κ3) is 8.80. The van der Waals surface area contributed by atoms with Gasteiger partial charge in [-0.3, -0.25) is 0 Å². The predicted octanol–water partition coefficient (Wildman–Crippen LogP) is 5.55. The second kappa shape index (κ2) is 10.6. The van der Waals surface area contributed by atoms with Crippen LogP contribution in [0.25, 0.3) is 0 Å². The lowest BCUT2D eigenvalue weighted by atomic mass is 10.1. The Kier molecular flexibility index (Phi) is 10.1. The summed E-state index contributed by atoms with van der Waals surface area (Å²) in [6, 6.07) is 0.427. The molecule has 0 saturated heterocycles. The maximum Gasteiger partial charge on any atom is 0.381 e. The molecule has 0 aliphatic rings. The molecule has 32 heavy (non-hydrogen) atoms. The van der Waals surface area contributed by atoms with Gasteiger partial charge in [-0.25, -0.2) is 18.4 Å². The lowest BCUT2D eigenvalue weighted by Gasteiger charge is -2.32. The number of alkyl halides is 8. The van der Waals surface area contributed by atoms with Crippen LogP contribution in [-0.4, -0.2) is 64.5 Å². The quantitative estimate of drug-likeness (QED) is 0.150. The minimum Gasteiger partial charge on any atom is -0.478 e. The van der Waals surface area contributed by atoms with Crippen LogP contribution in [0, 0.1) is 0 Å². The van der Waals surface area contributed by atoms with Crippen LogP contribution in [0.3, 0.4) is 0 Å². The number of hydrogen-bond donors (Lipinski definition) is 1. The fourth-order valence-corrected chi connectivity index (χ4v) is 10.8. The molecule has 0 spiro atoms. The second-order valence-electron chi connectivity index (χ2n) is 8.61. The molecule has 0 rings (SSSR count). The number of aliphatic carboxylic acids is 1. The zero-order valence-electron chi connectivity index (χ0n) is 18.1. The first-order valence-electron chi connectivity index (χ1n) is 9.28. The third-order valence-electron chi connectivity index (χ3n) is 3.90. The second-order valence-corrected chi connectivity index (χ2v) is 17.7. The van der Waals surface area contributed by atoms with E-state index in [1.54, 1.807) is 0 Å². The topological polar surface area (TPSA) is 72.8 Å². The van der Waals surface area contributed by atoms with E-state index in [0.717, 1.165) is 0 Å². The molecule has 1 N–H and O–H groups in total. The molecule has 0 unspecified atom stereocenters. The van der Waals surface area contributed by atoms with Crippen molar-refractivity contribution < 1.29 is 58.7 Å². The largest absolute Gasteiger partial charge is 0.478 e. The fraction of sp³-hybridized carbons (Fsp3) is 0.765. The van der Waals surface area contributed by atoms with Crippen molar-refractivity contribution in [1.82, 2.24) is 0 Å². The number of carbonyl (C=O) groups is 2. The molecule has 0 fully saturated rings. The molecule has 15 heteroatoms. The van der Waals surface area contributed by atoms with E-state index in [1.165, 1.54) is 0 Å². The summed E-state index contributed by atoms with van der Waals surface area (Å²) in [7, 11) is -4.12. The zero-order valence-corrected chi connectivity index (χ0v) is 20.1. The Morgan fingerprint density at radius 3 is 1.91 bits per heavy atom. The van der Waals surface area contributed by atoms with Crippen molar-refractivity contribution in [2.24, 2.45) is 0 Å².